The zero-order chi connectivity index (χ0) is 23.1. The van der Waals surface area contributed by atoms with Crippen molar-refractivity contribution in [1.29, 1.82) is 0 Å². The maximum absolute atomic E-state index is 14.3. The number of aromatic nitrogens is 5. The van der Waals surface area contributed by atoms with E-state index in [-0.39, 0.29) is 29.1 Å². The minimum Gasteiger partial charge on any atom is -0.438 e. The van der Waals surface area contributed by atoms with E-state index in [1.165, 1.54) is 27.4 Å². The van der Waals surface area contributed by atoms with Crippen LogP contribution in [-0.2, 0) is 11.8 Å². The van der Waals surface area contributed by atoms with Crippen LogP contribution in [0.3, 0.4) is 0 Å². The molecular formula is C22H20FN7O3. The fourth-order valence-corrected chi connectivity index (χ4v) is 3.39. The lowest BCUT2D eigenvalue weighted by Crippen LogP contribution is -2.18. The third-order valence-electron chi connectivity index (χ3n) is 5.24. The van der Waals surface area contributed by atoms with Crippen molar-refractivity contribution in [2.75, 3.05) is 10.6 Å². The SMILES string of the molecule is Cc1cnn(C)c1C(=O)Nc1cc(Oc2ccc3nc(NC(=O)C4CC4)cn3n2)ccc1F. The summed E-state index contributed by atoms with van der Waals surface area (Å²) in [6.07, 6.45) is 4.95. The van der Waals surface area contributed by atoms with Crippen LogP contribution in [-0.4, -0.2) is 36.2 Å². The molecule has 1 aliphatic rings. The Morgan fingerprint density at radius 1 is 1.18 bits per heavy atom. The second-order valence-electron chi connectivity index (χ2n) is 7.86. The van der Waals surface area contributed by atoms with E-state index in [1.54, 1.807) is 38.5 Å². The fourth-order valence-electron chi connectivity index (χ4n) is 3.39. The molecule has 4 aromatic rings. The molecule has 0 atom stereocenters. The third kappa shape index (κ3) is 4.25. The van der Waals surface area contributed by atoms with Crippen LogP contribution < -0.4 is 15.4 Å². The van der Waals surface area contributed by atoms with Crippen LogP contribution in [0.15, 0.2) is 42.7 Å². The molecule has 0 aliphatic heterocycles. The van der Waals surface area contributed by atoms with Gasteiger partial charge >= 0.3 is 0 Å². The molecule has 0 spiro atoms. The molecule has 3 heterocycles. The van der Waals surface area contributed by atoms with Gasteiger partial charge in [-0.25, -0.2) is 13.9 Å². The Labute approximate surface area is 187 Å². The van der Waals surface area contributed by atoms with E-state index in [0.29, 0.717) is 22.7 Å². The molecule has 5 rings (SSSR count). The van der Waals surface area contributed by atoms with Crippen molar-refractivity contribution < 1.29 is 18.7 Å². The lowest BCUT2D eigenvalue weighted by Gasteiger charge is -2.10. The molecule has 168 valence electrons. The average Bonchev–Trinajstić information content (AvgIpc) is 3.47. The van der Waals surface area contributed by atoms with Crippen LogP contribution in [0, 0.1) is 18.7 Å². The van der Waals surface area contributed by atoms with Gasteiger partial charge in [-0.1, -0.05) is 0 Å². The molecule has 1 aromatic carbocycles. The van der Waals surface area contributed by atoms with Crippen molar-refractivity contribution in [3.8, 4) is 11.6 Å². The Morgan fingerprint density at radius 2 is 2.00 bits per heavy atom. The summed E-state index contributed by atoms with van der Waals surface area (Å²) in [6.45, 7) is 1.75. The highest BCUT2D eigenvalue weighted by Crippen LogP contribution is 2.30. The van der Waals surface area contributed by atoms with Gasteiger partial charge in [-0.15, -0.1) is 5.10 Å². The van der Waals surface area contributed by atoms with Crippen molar-refractivity contribution >= 4 is 29.0 Å². The Balaban J connectivity index is 1.33. The van der Waals surface area contributed by atoms with E-state index >= 15 is 0 Å². The maximum Gasteiger partial charge on any atom is 0.274 e. The van der Waals surface area contributed by atoms with Crippen LogP contribution in [0.4, 0.5) is 15.9 Å². The summed E-state index contributed by atoms with van der Waals surface area (Å²) in [5.74, 6) is -0.150. The topological polar surface area (TPSA) is 115 Å². The van der Waals surface area contributed by atoms with Crippen molar-refractivity contribution in [3.05, 3.63) is 59.8 Å². The van der Waals surface area contributed by atoms with Gasteiger partial charge in [0.1, 0.15) is 17.3 Å². The molecule has 2 amide bonds. The number of aryl methyl sites for hydroxylation is 2. The summed E-state index contributed by atoms with van der Waals surface area (Å²) in [5, 5.41) is 13.7. The van der Waals surface area contributed by atoms with Gasteiger partial charge < -0.3 is 15.4 Å². The molecule has 1 saturated carbocycles. The predicted molar refractivity (Wildman–Crippen MR) is 117 cm³/mol. The van der Waals surface area contributed by atoms with Crippen LogP contribution in [0.2, 0.25) is 0 Å². The molecule has 2 N–H and O–H groups in total. The number of nitrogens with zero attached hydrogens (tertiary/aromatic N) is 5. The number of halogens is 1. The van der Waals surface area contributed by atoms with Gasteiger partial charge in [0.05, 0.1) is 18.1 Å². The third-order valence-corrected chi connectivity index (χ3v) is 5.24. The van der Waals surface area contributed by atoms with Gasteiger partial charge in [-0.2, -0.15) is 5.10 Å². The highest BCUT2D eigenvalue weighted by atomic mass is 19.1. The number of carbonyl (C=O) groups is 2. The van der Waals surface area contributed by atoms with E-state index in [9.17, 15) is 14.0 Å². The number of amides is 2. The first-order chi connectivity index (χ1) is 15.9. The van der Waals surface area contributed by atoms with Gasteiger partial charge in [0.15, 0.2) is 11.5 Å². The average molecular weight is 449 g/mol. The number of nitrogens with one attached hydrogen (secondary N) is 2. The van der Waals surface area contributed by atoms with E-state index < -0.39 is 11.7 Å². The Morgan fingerprint density at radius 3 is 2.73 bits per heavy atom. The second-order valence-corrected chi connectivity index (χ2v) is 7.86. The van der Waals surface area contributed by atoms with Gasteiger partial charge in [0.25, 0.3) is 5.91 Å². The number of fused-ring (bicyclic) bond motifs is 1. The summed E-state index contributed by atoms with van der Waals surface area (Å²) in [5.41, 5.74) is 1.50. The van der Waals surface area contributed by atoms with Crippen molar-refractivity contribution in [1.82, 2.24) is 24.4 Å². The first-order valence-corrected chi connectivity index (χ1v) is 10.3. The predicted octanol–water partition coefficient (Wildman–Crippen LogP) is 3.30. The van der Waals surface area contributed by atoms with Crippen molar-refractivity contribution in [3.63, 3.8) is 0 Å². The summed E-state index contributed by atoms with van der Waals surface area (Å²) >= 11 is 0. The molecule has 0 saturated heterocycles. The molecule has 0 bridgehead atoms. The maximum atomic E-state index is 14.3. The number of hydrogen-bond acceptors (Lipinski definition) is 6. The molecule has 11 heteroatoms. The van der Waals surface area contributed by atoms with E-state index in [0.717, 1.165) is 12.8 Å². The minimum absolute atomic E-state index is 0.0353. The Bertz CT molecular complexity index is 1370. The lowest BCUT2D eigenvalue weighted by molar-refractivity contribution is -0.117. The molecule has 33 heavy (non-hydrogen) atoms. The molecule has 0 radical (unpaired) electrons. The molecular weight excluding hydrogens is 429 g/mol. The summed E-state index contributed by atoms with van der Waals surface area (Å²) in [4.78, 5) is 28.8. The molecule has 1 aliphatic carbocycles. The molecule has 1 fully saturated rings. The quantitative estimate of drug-likeness (QED) is 0.467. The van der Waals surface area contributed by atoms with Crippen LogP contribution in [0.1, 0.15) is 28.9 Å². The zero-order valence-electron chi connectivity index (χ0n) is 17.9. The van der Waals surface area contributed by atoms with E-state index in [2.05, 4.69) is 25.8 Å². The highest BCUT2D eigenvalue weighted by molar-refractivity contribution is 6.04. The fraction of sp³-hybridized carbons (Fsp3) is 0.227. The monoisotopic (exact) mass is 449 g/mol. The van der Waals surface area contributed by atoms with Gasteiger partial charge in [-0.05, 0) is 43.5 Å². The number of hydrogen-bond donors (Lipinski definition) is 2. The molecule has 3 aromatic heterocycles. The van der Waals surface area contributed by atoms with Crippen molar-refractivity contribution in [2.24, 2.45) is 13.0 Å². The normalized spacial score (nSPS) is 13.2. The zero-order valence-corrected chi connectivity index (χ0v) is 17.9. The number of anilines is 2. The standard InChI is InChI=1S/C22H20FN7O3/c1-12-10-24-29(2)20(12)22(32)25-16-9-14(5-6-15(16)23)33-19-8-7-18-26-17(11-30(18)28-19)27-21(31)13-3-4-13/h5-11,13H,3-4H2,1-2H3,(H,25,32)(H,27,31). The molecule has 10 nitrogen and oxygen atoms in total. The lowest BCUT2D eigenvalue weighted by atomic mass is 10.2. The second kappa shape index (κ2) is 8.01. The summed E-state index contributed by atoms with van der Waals surface area (Å²) in [6, 6.07) is 7.30. The Kier molecular flexibility index (Phi) is 5.00. The van der Waals surface area contributed by atoms with Gasteiger partial charge in [0, 0.05) is 25.1 Å². The highest BCUT2D eigenvalue weighted by Gasteiger charge is 2.30. The summed E-state index contributed by atoms with van der Waals surface area (Å²) in [7, 11) is 1.64. The number of benzene rings is 1. The molecule has 0 unspecified atom stereocenters. The van der Waals surface area contributed by atoms with Crippen LogP contribution >= 0.6 is 0 Å². The van der Waals surface area contributed by atoms with E-state index in [4.69, 9.17) is 4.74 Å². The number of ether oxygens (including phenoxy) is 1. The first kappa shape index (κ1) is 20.6. The number of rotatable bonds is 6. The Hall–Kier alpha value is -4.28. The number of imidazole rings is 1. The largest absolute Gasteiger partial charge is 0.438 e. The van der Waals surface area contributed by atoms with Gasteiger partial charge in [0.2, 0.25) is 11.8 Å². The first-order valence-electron chi connectivity index (χ1n) is 10.3. The smallest absolute Gasteiger partial charge is 0.274 e. The van der Waals surface area contributed by atoms with Crippen LogP contribution in [0.25, 0.3) is 5.65 Å². The minimum atomic E-state index is -0.607. The van der Waals surface area contributed by atoms with Gasteiger partial charge in [-0.3, -0.25) is 14.3 Å². The van der Waals surface area contributed by atoms with E-state index in [1.807, 2.05) is 0 Å². The number of carbonyl (C=O) groups excluding carboxylic acids is 2. The summed E-state index contributed by atoms with van der Waals surface area (Å²) < 4.78 is 23.0. The van der Waals surface area contributed by atoms with Crippen molar-refractivity contribution in [2.45, 2.75) is 19.8 Å². The van der Waals surface area contributed by atoms with Crippen LogP contribution in [0.5, 0.6) is 11.6 Å².